The maximum Gasteiger partial charge on any atom is 0.347 e. The molecule has 1 N–H and O–H groups in total. The lowest BCUT2D eigenvalue weighted by molar-refractivity contribution is -0.157. The van der Waals surface area contributed by atoms with Gasteiger partial charge in [0.2, 0.25) is 13.4 Å². The molecule has 1 unspecified atom stereocenters. The number of nitrogens with zero attached hydrogens (tertiary/aromatic N) is 1. The highest BCUT2D eigenvalue weighted by atomic mass is 16.7. The number of nitrogens with one attached hydrogen (secondary N) is 1. The molecule has 9 nitrogen and oxygen atoms in total. The van der Waals surface area contributed by atoms with Crippen molar-refractivity contribution >= 4 is 23.3 Å². The average Bonchev–Trinajstić information content (AvgIpc) is 3.37. The number of amides is 1. The van der Waals surface area contributed by atoms with Gasteiger partial charge in [0.25, 0.3) is 5.91 Å². The van der Waals surface area contributed by atoms with E-state index >= 15 is 0 Å². The number of anilines is 1. The van der Waals surface area contributed by atoms with Gasteiger partial charge in [0, 0.05) is 11.3 Å². The Labute approximate surface area is 208 Å². The van der Waals surface area contributed by atoms with Gasteiger partial charge in [-0.25, -0.2) is 4.79 Å². The Morgan fingerprint density at radius 3 is 2.53 bits per heavy atom. The van der Waals surface area contributed by atoms with Crippen molar-refractivity contribution in [2.24, 2.45) is 5.16 Å². The fourth-order valence-corrected chi connectivity index (χ4v) is 3.26. The lowest BCUT2D eigenvalue weighted by atomic mass is 10.1. The molecule has 36 heavy (non-hydrogen) atoms. The van der Waals surface area contributed by atoms with Crippen LogP contribution in [0.3, 0.4) is 0 Å². The smallest absolute Gasteiger partial charge is 0.347 e. The van der Waals surface area contributed by atoms with Crippen LogP contribution < -0.4 is 19.5 Å². The van der Waals surface area contributed by atoms with E-state index in [0.29, 0.717) is 35.3 Å². The molecule has 1 atom stereocenters. The molecule has 1 heterocycles. The molecule has 1 amide bonds. The van der Waals surface area contributed by atoms with E-state index in [4.69, 9.17) is 23.8 Å². The summed E-state index contributed by atoms with van der Waals surface area (Å²) in [6, 6.07) is 22.1. The second kappa shape index (κ2) is 11.7. The van der Waals surface area contributed by atoms with E-state index in [1.54, 1.807) is 43.3 Å². The van der Waals surface area contributed by atoms with Gasteiger partial charge in [0.15, 0.2) is 17.6 Å². The quantitative estimate of drug-likeness (QED) is 0.257. The van der Waals surface area contributed by atoms with E-state index in [2.05, 4.69) is 10.5 Å². The molecule has 0 radical (unpaired) electrons. The zero-order chi connectivity index (χ0) is 25.3. The number of hydrogen-bond donors (Lipinski definition) is 1. The van der Waals surface area contributed by atoms with Crippen molar-refractivity contribution in [3.05, 3.63) is 83.9 Å². The molecule has 0 saturated carbocycles. The Kier molecular flexibility index (Phi) is 8.02. The molecule has 0 aromatic heterocycles. The molecule has 0 aliphatic carbocycles. The number of ether oxygens (including phenoxy) is 4. The van der Waals surface area contributed by atoms with Crippen molar-refractivity contribution < 1.29 is 33.4 Å². The third-order valence-electron chi connectivity index (χ3n) is 5.22. The highest BCUT2D eigenvalue weighted by Gasteiger charge is 2.19. The molecule has 0 spiro atoms. The SMILES string of the molecule is C/C(=N\OCC(=O)OC(C)C(=O)Nc1ccc(OCc2ccccc2)cc1)c1ccc2c(c1)OCO2. The van der Waals surface area contributed by atoms with Crippen molar-refractivity contribution in [3.8, 4) is 17.2 Å². The maximum atomic E-state index is 12.4. The summed E-state index contributed by atoms with van der Waals surface area (Å²) in [5.74, 6) is 0.766. The molecule has 1 aliphatic heterocycles. The molecule has 0 fully saturated rings. The van der Waals surface area contributed by atoms with Crippen LogP contribution in [0.5, 0.6) is 17.2 Å². The Morgan fingerprint density at radius 2 is 1.75 bits per heavy atom. The lowest BCUT2D eigenvalue weighted by Gasteiger charge is -2.13. The second-order valence-electron chi connectivity index (χ2n) is 7.94. The summed E-state index contributed by atoms with van der Waals surface area (Å²) in [5.41, 5.74) is 2.92. The molecular formula is C27H26N2O7. The average molecular weight is 491 g/mol. The summed E-state index contributed by atoms with van der Waals surface area (Å²) in [6.07, 6.45) is -1.02. The first-order chi connectivity index (χ1) is 17.5. The van der Waals surface area contributed by atoms with Crippen LogP contribution in [0.25, 0.3) is 0 Å². The third-order valence-corrected chi connectivity index (χ3v) is 5.22. The van der Waals surface area contributed by atoms with Crippen molar-refractivity contribution in [2.75, 3.05) is 18.7 Å². The Hall–Kier alpha value is -4.53. The van der Waals surface area contributed by atoms with Crippen LogP contribution in [0.4, 0.5) is 5.69 Å². The molecule has 186 valence electrons. The molecular weight excluding hydrogens is 464 g/mol. The molecule has 9 heteroatoms. The first-order valence-electron chi connectivity index (χ1n) is 11.3. The monoisotopic (exact) mass is 490 g/mol. The third kappa shape index (κ3) is 6.75. The first-order valence-corrected chi connectivity index (χ1v) is 11.3. The molecule has 3 aromatic rings. The highest BCUT2D eigenvalue weighted by Crippen LogP contribution is 2.32. The molecule has 3 aromatic carbocycles. The normalized spacial score (nSPS) is 13.0. The fourth-order valence-electron chi connectivity index (χ4n) is 3.26. The highest BCUT2D eigenvalue weighted by molar-refractivity contribution is 5.99. The summed E-state index contributed by atoms with van der Waals surface area (Å²) >= 11 is 0. The standard InChI is InChI=1S/C27H26N2O7/c1-18(21-8-13-24-25(14-21)34-17-33-24)29-35-16-26(30)36-19(2)27(31)28-22-9-11-23(12-10-22)32-15-20-6-4-3-5-7-20/h3-14,19H,15-17H2,1-2H3,(H,28,31)/b29-18+. The number of fused-ring (bicyclic) bond motifs is 1. The van der Waals surface area contributed by atoms with Crippen LogP contribution in [-0.2, 0) is 25.8 Å². The summed E-state index contributed by atoms with van der Waals surface area (Å²) in [5, 5.41) is 6.63. The summed E-state index contributed by atoms with van der Waals surface area (Å²) in [7, 11) is 0. The van der Waals surface area contributed by atoms with Gasteiger partial charge in [-0.2, -0.15) is 0 Å². The van der Waals surface area contributed by atoms with Crippen molar-refractivity contribution in [3.63, 3.8) is 0 Å². The van der Waals surface area contributed by atoms with Crippen LogP contribution in [0.2, 0.25) is 0 Å². The van der Waals surface area contributed by atoms with E-state index < -0.39 is 24.6 Å². The van der Waals surface area contributed by atoms with Crippen LogP contribution in [-0.4, -0.2) is 37.1 Å². The maximum absolute atomic E-state index is 12.4. The number of carbonyl (C=O) groups excluding carboxylic acids is 2. The Balaban J connectivity index is 1.19. The number of hydrogen-bond acceptors (Lipinski definition) is 8. The second-order valence-corrected chi connectivity index (χ2v) is 7.94. The van der Waals surface area contributed by atoms with Gasteiger partial charge in [0.05, 0.1) is 5.71 Å². The van der Waals surface area contributed by atoms with Gasteiger partial charge in [-0.15, -0.1) is 0 Å². The van der Waals surface area contributed by atoms with Crippen LogP contribution in [0, 0.1) is 0 Å². The number of rotatable bonds is 10. The van der Waals surface area contributed by atoms with Crippen molar-refractivity contribution in [1.29, 1.82) is 0 Å². The van der Waals surface area contributed by atoms with Crippen LogP contribution in [0.15, 0.2) is 78.0 Å². The van der Waals surface area contributed by atoms with Crippen LogP contribution >= 0.6 is 0 Å². The lowest BCUT2D eigenvalue weighted by Crippen LogP contribution is -2.31. The fraction of sp³-hybridized carbons (Fsp3) is 0.222. The Morgan fingerprint density at radius 1 is 1.00 bits per heavy atom. The van der Waals surface area contributed by atoms with Gasteiger partial charge in [-0.05, 0) is 61.9 Å². The van der Waals surface area contributed by atoms with Gasteiger partial charge in [-0.1, -0.05) is 35.5 Å². The molecule has 0 saturated heterocycles. The Bertz CT molecular complexity index is 1230. The minimum atomic E-state index is -1.02. The summed E-state index contributed by atoms with van der Waals surface area (Å²) in [4.78, 5) is 29.6. The molecule has 4 rings (SSSR count). The predicted octanol–water partition coefficient (Wildman–Crippen LogP) is 4.31. The minimum Gasteiger partial charge on any atom is -0.489 e. The number of carbonyl (C=O) groups is 2. The molecule has 1 aliphatic rings. The topological polar surface area (TPSA) is 105 Å². The van der Waals surface area contributed by atoms with Gasteiger partial charge in [0.1, 0.15) is 12.4 Å². The van der Waals surface area contributed by atoms with Crippen molar-refractivity contribution in [1.82, 2.24) is 0 Å². The van der Waals surface area contributed by atoms with E-state index in [9.17, 15) is 9.59 Å². The van der Waals surface area contributed by atoms with E-state index in [-0.39, 0.29) is 6.79 Å². The summed E-state index contributed by atoms with van der Waals surface area (Å²) in [6.45, 7) is 3.40. The van der Waals surface area contributed by atoms with Crippen molar-refractivity contribution in [2.45, 2.75) is 26.6 Å². The zero-order valence-corrected chi connectivity index (χ0v) is 19.9. The van der Waals surface area contributed by atoms with Gasteiger partial charge < -0.3 is 29.1 Å². The molecule has 0 bridgehead atoms. The first kappa shape index (κ1) is 24.6. The van der Waals surface area contributed by atoms with E-state index in [1.807, 2.05) is 36.4 Å². The van der Waals surface area contributed by atoms with Gasteiger partial charge in [-0.3, -0.25) is 4.79 Å². The predicted molar refractivity (Wildman–Crippen MR) is 132 cm³/mol. The van der Waals surface area contributed by atoms with E-state index in [0.717, 1.165) is 11.1 Å². The van der Waals surface area contributed by atoms with Crippen LogP contribution in [0.1, 0.15) is 25.0 Å². The number of benzene rings is 3. The minimum absolute atomic E-state index is 0.178. The van der Waals surface area contributed by atoms with Gasteiger partial charge >= 0.3 is 5.97 Å². The number of oxime groups is 1. The zero-order valence-electron chi connectivity index (χ0n) is 19.9. The van der Waals surface area contributed by atoms with E-state index in [1.165, 1.54) is 6.92 Å². The summed E-state index contributed by atoms with van der Waals surface area (Å²) < 4.78 is 21.5. The largest absolute Gasteiger partial charge is 0.489 e. The number of esters is 1.